The summed E-state index contributed by atoms with van der Waals surface area (Å²) in [4.78, 5) is 22.2. The van der Waals surface area contributed by atoms with Gasteiger partial charge in [-0.2, -0.15) is 0 Å². The van der Waals surface area contributed by atoms with Crippen molar-refractivity contribution < 1.29 is 14.5 Å². The Morgan fingerprint density at radius 1 is 1.56 bits per heavy atom. The van der Waals surface area contributed by atoms with Gasteiger partial charge >= 0.3 is 0 Å². The van der Waals surface area contributed by atoms with E-state index < -0.39 is 4.92 Å². The predicted octanol–water partition coefficient (Wildman–Crippen LogP) is 1.67. The summed E-state index contributed by atoms with van der Waals surface area (Å²) in [5, 5.41) is 13.5. The molecule has 0 bridgehead atoms. The quantitative estimate of drug-likeness (QED) is 0.638. The number of ether oxygens (including phenoxy) is 1. The molecule has 0 saturated heterocycles. The highest BCUT2D eigenvalue weighted by atomic mass is 16.6. The van der Waals surface area contributed by atoms with Crippen LogP contribution in [0.1, 0.15) is 22.8 Å². The molecular weight excluding hydrogens is 236 g/mol. The summed E-state index contributed by atoms with van der Waals surface area (Å²) in [6.07, 6.45) is 0. The summed E-state index contributed by atoms with van der Waals surface area (Å²) in [7, 11) is 1.54. The van der Waals surface area contributed by atoms with Crippen molar-refractivity contribution in [3.05, 3.63) is 39.4 Å². The van der Waals surface area contributed by atoms with Crippen molar-refractivity contribution in [3.63, 3.8) is 0 Å². The van der Waals surface area contributed by atoms with E-state index in [4.69, 9.17) is 4.74 Å². The lowest BCUT2D eigenvalue weighted by atomic mass is 10.1. The second kappa shape index (κ2) is 6.11. The van der Waals surface area contributed by atoms with Gasteiger partial charge in [0.25, 0.3) is 11.6 Å². The summed E-state index contributed by atoms with van der Waals surface area (Å²) in [6, 6.07) is 4.30. The Kier molecular flexibility index (Phi) is 4.79. The van der Waals surface area contributed by atoms with Crippen LogP contribution in [0.25, 0.3) is 0 Å². The van der Waals surface area contributed by atoms with Gasteiger partial charge in [0.05, 0.1) is 11.5 Å². The number of amides is 1. The molecule has 1 atom stereocenters. The topological polar surface area (TPSA) is 81.5 Å². The molecule has 0 aromatic heterocycles. The molecule has 1 aromatic carbocycles. The van der Waals surface area contributed by atoms with E-state index in [9.17, 15) is 14.9 Å². The maximum Gasteiger partial charge on any atom is 0.273 e. The third-order valence-electron chi connectivity index (χ3n) is 2.54. The fourth-order valence-corrected chi connectivity index (χ4v) is 1.66. The molecule has 18 heavy (non-hydrogen) atoms. The van der Waals surface area contributed by atoms with E-state index in [2.05, 4.69) is 5.32 Å². The smallest absolute Gasteiger partial charge is 0.273 e. The highest BCUT2D eigenvalue weighted by Crippen LogP contribution is 2.20. The third-order valence-corrected chi connectivity index (χ3v) is 2.54. The molecule has 1 rings (SSSR count). The second-order valence-corrected chi connectivity index (χ2v) is 4.04. The normalized spacial score (nSPS) is 11.9. The van der Waals surface area contributed by atoms with Gasteiger partial charge < -0.3 is 10.1 Å². The van der Waals surface area contributed by atoms with Gasteiger partial charge in [-0.1, -0.05) is 6.07 Å². The molecule has 0 spiro atoms. The lowest BCUT2D eigenvalue weighted by Gasteiger charge is -2.13. The molecule has 0 fully saturated rings. The molecule has 1 N–H and O–H groups in total. The van der Waals surface area contributed by atoms with Crippen LogP contribution in [0.3, 0.4) is 0 Å². The first-order chi connectivity index (χ1) is 8.47. The molecule has 0 aliphatic carbocycles. The summed E-state index contributed by atoms with van der Waals surface area (Å²) in [5.74, 6) is -0.333. The standard InChI is InChI=1S/C12H16N2O4/c1-8(7-18-3)13-12(15)10-5-4-6-11(9(10)2)14(16)17/h4-6,8H,7H2,1-3H3,(H,13,15). The van der Waals surface area contributed by atoms with Crippen LogP contribution in [0.2, 0.25) is 0 Å². The van der Waals surface area contributed by atoms with Gasteiger partial charge in [0.15, 0.2) is 0 Å². The Labute approximate surface area is 105 Å². The molecule has 6 heteroatoms. The number of hydrogen-bond acceptors (Lipinski definition) is 4. The van der Waals surface area contributed by atoms with Crippen molar-refractivity contribution in [1.29, 1.82) is 0 Å². The van der Waals surface area contributed by atoms with E-state index in [1.54, 1.807) is 27.0 Å². The van der Waals surface area contributed by atoms with Crippen LogP contribution in [-0.4, -0.2) is 30.6 Å². The molecule has 1 unspecified atom stereocenters. The zero-order valence-corrected chi connectivity index (χ0v) is 10.6. The average Bonchev–Trinajstić information content (AvgIpc) is 2.28. The first-order valence-corrected chi connectivity index (χ1v) is 5.51. The number of nitrogens with one attached hydrogen (secondary N) is 1. The average molecular weight is 252 g/mol. The van der Waals surface area contributed by atoms with Crippen LogP contribution < -0.4 is 5.32 Å². The Bertz CT molecular complexity index is 459. The van der Waals surface area contributed by atoms with Gasteiger partial charge in [-0.05, 0) is 19.9 Å². The zero-order valence-electron chi connectivity index (χ0n) is 10.6. The molecule has 0 saturated carbocycles. The van der Waals surface area contributed by atoms with Gasteiger partial charge in [0.1, 0.15) is 0 Å². The van der Waals surface area contributed by atoms with E-state index in [1.807, 2.05) is 0 Å². The summed E-state index contributed by atoms with van der Waals surface area (Å²) in [6.45, 7) is 3.75. The van der Waals surface area contributed by atoms with E-state index >= 15 is 0 Å². The monoisotopic (exact) mass is 252 g/mol. The maximum absolute atomic E-state index is 11.9. The van der Waals surface area contributed by atoms with Crippen molar-refractivity contribution in [2.24, 2.45) is 0 Å². The minimum absolute atomic E-state index is 0.0537. The number of carbonyl (C=O) groups excluding carboxylic acids is 1. The first kappa shape index (κ1) is 14.1. The van der Waals surface area contributed by atoms with Crippen LogP contribution in [0.15, 0.2) is 18.2 Å². The van der Waals surface area contributed by atoms with Crippen molar-refractivity contribution in [2.45, 2.75) is 19.9 Å². The lowest BCUT2D eigenvalue weighted by Crippen LogP contribution is -2.36. The molecule has 0 radical (unpaired) electrons. The van der Waals surface area contributed by atoms with E-state index in [0.717, 1.165) is 0 Å². The highest BCUT2D eigenvalue weighted by Gasteiger charge is 2.18. The minimum Gasteiger partial charge on any atom is -0.383 e. The molecule has 6 nitrogen and oxygen atoms in total. The van der Waals surface area contributed by atoms with Crippen molar-refractivity contribution in [3.8, 4) is 0 Å². The molecule has 1 amide bonds. The highest BCUT2D eigenvalue weighted by molar-refractivity contribution is 5.96. The molecule has 0 aliphatic rings. The number of methoxy groups -OCH3 is 1. The van der Waals surface area contributed by atoms with E-state index in [0.29, 0.717) is 17.7 Å². The Balaban J connectivity index is 2.93. The number of rotatable bonds is 5. The Hall–Kier alpha value is -1.95. The molecule has 0 heterocycles. The Morgan fingerprint density at radius 2 is 2.22 bits per heavy atom. The lowest BCUT2D eigenvalue weighted by molar-refractivity contribution is -0.385. The number of carbonyl (C=O) groups is 1. The Morgan fingerprint density at radius 3 is 2.78 bits per heavy atom. The first-order valence-electron chi connectivity index (χ1n) is 5.51. The number of nitrogens with zero attached hydrogens (tertiary/aromatic N) is 1. The van der Waals surface area contributed by atoms with Crippen LogP contribution in [0, 0.1) is 17.0 Å². The molecule has 98 valence electrons. The fraction of sp³-hybridized carbons (Fsp3) is 0.417. The van der Waals surface area contributed by atoms with Crippen LogP contribution in [0.4, 0.5) is 5.69 Å². The molecule has 0 aliphatic heterocycles. The summed E-state index contributed by atoms with van der Waals surface area (Å²) >= 11 is 0. The van der Waals surface area contributed by atoms with Gasteiger partial charge in [0.2, 0.25) is 0 Å². The van der Waals surface area contributed by atoms with Crippen LogP contribution >= 0.6 is 0 Å². The predicted molar refractivity (Wildman–Crippen MR) is 66.6 cm³/mol. The minimum atomic E-state index is -0.495. The summed E-state index contributed by atoms with van der Waals surface area (Å²) in [5.41, 5.74) is 0.624. The van der Waals surface area contributed by atoms with E-state index in [-0.39, 0.29) is 17.6 Å². The summed E-state index contributed by atoms with van der Waals surface area (Å²) < 4.78 is 4.91. The fourth-order valence-electron chi connectivity index (χ4n) is 1.66. The van der Waals surface area contributed by atoms with Gasteiger partial charge in [-0.3, -0.25) is 14.9 Å². The SMILES string of the molecule is COCC(C)NC(=O)c1cccc([N+](=O)[O-])c1C. The second-order valence-electron chi connectivity index (χ2n) is 4.04. The largest absolute Gasteiger partial charge is 0.383 e. The molecule has 1 aromatic rings. The maximum atomic E-state index is 11.9. The van der Waals surface area contributed by atoms with Crippen molar-refractivity contribution in [2.75, 3.05) is 13.7 Å². The van der Waals surface area contributed by atoms with Crippen LogP contribution in [0.5, 0.6) is 0 Å². The number of nitro benzene ring substituents is 1. The number of nitro groups is 1. The number of hydrogen-bond donors (Lipinski definition) is 1. The third kappa shape index (κ3) is 3.27. The van der Waals surface area contributed by atoms with E-state index in [1.165, 1.54) is 12.1 Å². The molecular formula is C12H16N2O4. The van der Waals surface area contributed by atoms with Crippen molar-refractivity contribution >= 4 is 11.6 Å². The van der Waals surface area contributed by atoms with Crippen molar-refractivity contribution in [1.82, 2.24) is 5.32 Å². The zero-order chi connectivity index (χ0) is 13.7. The van der Waals surface area contributed by atoms with Gasteiger partial charge in [0, 0.05) is 30.3 Å². The van der Waals surface area contributed by atoms with Gasteiger partial charge in [-0.25, -0.2) is 0 Å². The van der Waals surface area contributed by atoms with Crippen LogP contribution in [-0.2, 0) is 4.74 Å². The van der Waals surface area contributed by atoms with Gasteiger partial charge in [-0.15, -0.1) is 0 Å². The number of benzene rings is 1.